The van der Waals surface area contributed by atoms with Gasteiger partial charge in [0.05, 0.1) is 15.5 Å². The van der Waals surface area contributed by atoms with Crippen LogP contribution in [0.4, 0.5) is 5.69 Å². The normalized spacial score (nSPS) is 10.4. The highest BCUT2D eigenvalue weighted by Crippen LogP contribution is 2.32. The Morgan fingerprint density at radius 1 is 1.43 bits per heavy atom. The number of hydrogen-bond acceptors (Lipinski definition) is 5. The van der Waals surface area contributed by atoms with Crippen LogP contribution in [0.2, 0.25) is 5.02 Å². The van der Waals surface area contributed by atoms with Gasteiger partial charge in [-0.05, 0) is 30.7 Å². The van der Waals surface area contributed by atoms with Crippen LogP contribution >= 0.6 is 23.4 Å². The van der Waals surface area contributed by atoms with Crippen LogP contribution in [0.15, 0.2) is 40.4 Å². The molecule has 0 atom stereocenters. The number of carboxylic acids is 1. The molecule has 0 aliphatic heterocycles. The molecular weight excluding hydrogens is 316 g/mol. The molecule has 0 bridgehead atoms. The predicted octanol–water partition coefficient (Wildman–Crippen LogP) is 3.80. The van der Waals surface area contributed by atoms with Crippen LogP contribution in [-0.2, 0) is 0 Å². The summed E-state index contributed by atoms with van der Waals surface area (Å²) in [5.74, 6) is -1.11. The zero-order chi connectivity index (χ0) is 15.6. The third kappa shape index (κ3) is 3.50. The number of rotatable bonds is 4. The number of pyridine rings is 1. The van der Waals surface area contributed by atoms with E-state index in [2.05, 4.69) is 4.98 Å². The van der Waals surface area contributed by atoms with E-state index in [4.69, 9.17) is 16.7 Å². The van der Waals surface area contributed by atoms with Gasteiger partial charge in [-0.15, -0.1) is 0 Å². The molecule has 108 valence electrons. The molecule has 0 unspecified atom stereocenters. The molecule has 0 spiro atoms. The topological polar surface area (TPSA) is 93.3 Å². The monoisotopic (exact) mass is 324 g/mol. The molecule has 0 saturated heterocycles. The maximum absolute atomic E-state index is 11.0. The van der Waals surface area contributed by atoms with Gasteiger partial charge in [0.2, 0.25) is 0 Å². The van der Waals surface area contributed by atoms with Crippen LogP contribution in [0.3, 0.4) is 0 Å². The van der Waals surface area contributed by atoms with Gasteiger partial charge in [0.1, 0.15) is 11.2 Å². The molecule has 6 nitrogen and oxygen atoms in total. The second-order valence-corrected chi connectivity index (χ2v) is 5.59. The fourth-order valence-corrected chi connectivity index (χ4v) is 2.66. The van der Waals surface area contributed by atoms with Crippen molar-refractivity contribution >= 4 is 35.0 Å². The zero-order valence-corrected chi connectivity index (χ0v) is 12.3. The van der Waals surface area contributed by atoms with Gasteiger partial charge in [-0.1, -0.05) is 23.4 Å². The first kappa shape index (κ1) is 15.3. The molecule has 2 rings (SSSR count). The van der Waals surface area contributed by atoms with E-state index >= 15 is 0 Å². The highest BCUT2D eigenvalue weighted by molar-refractivity contribution is 7.99. The summed E-state index contributed by atoms with van der Waals surface area (Å²) in [5.41, 5.74) is 0.557. The second kappa shape index (κ2) is 6.11. The Kier molecular flexibility index (Phi) is 4.44. The summed E-state index contributed by atoms with van der Waals surface area (Å²) >= 11 is 7.02. The summed E-state index contributed by atoms with van der Waals surface area (Å²) in [6.45, 7) is 1.70. The number of carboxylic acid groups (broad SMARTS) is 1. The van der Waals surface area contributed by atoms with Crippen LogP contribution in [-0.4, -0.2) is 21.0 Å². The molecule has 21 heavy (non-hydrogen) atoms. The summed E-state index contributed by atoms with van der Waals surface area (Å²) in [7, 11) is 0. The Morgan fingerprint density at radius 3 is 2.71 bits per heavy atom. The number of aromatic carboxylic acids is 1. The fraction of sp³-hybridized carbons (Fsp3) is 0.0769. The molecule has 1 N–H and O–H groups in total. The molecule has 0 radical (unpaired) electrons. The number of nitrogens with zero attached hydrogens (tertiary/aromatic N) is 2. The van der Waals surface area contributed by atoms with Crippen LogP contribution < -0.4 is 0 Å². The maximum atomic E-state index is 11.0. The molecule has 0 saturated carbocycles. The van der Waals surface area contributed by atoms with Gasteiger partial charge in [0.15, 0.2) is 0 Å². The lowest BCUT2D eigenvalue weighted by atomic mass is 10.2. The molecule has 1 heterocycles. The van der Waals surface area contributed by atoms with Crippen molar-refractivity contribution in [3.63, 3.8) is 0 Å². The number of nitro groups is 1. The van der Waals surface area contributed by atoms with E-state index in [0.717, 1.165) is 0 Å². The number of benzene rings is 1. The van der Waals surface area contributed by atoms with E-state index in [-0.39, 0.29) is 16.3 Å². The van der Waals surface area contributed by atoms with Crippen LogP contribution in [0.5, 0.6) is 0 Å². The van der Waals surface area contributed by atoms with Crippen molar-refractivity contribution in [1.82, 2.24) is 4.98 Å². The van der Waals surface area contributed by atoms with Crippen molar-refractivity contribution in [2.75, 3.05) is 0 Å². The standard InChI is InChI=1S/C13H9ClN2O4S/c1-7-4-8(16(19)20)6-15-12(7)21-9-2-3-11(14)10(5-9)13(17)18/h2-6H,1H3,(H,17,18). The Labute approximate surface area is 128 Å². The lowest BCUT2D eigenvalue weighted by Gasteiger charge is -2.06. The zero-order valence-electron chi connectivity index (χ0n) is 10.7. The number of hydrogen-bond donors (Lipinski definition) is 1. The SMILES string of the molecule is Cc1cc([N+](=O)[O-])cnc1Sc1ccc(Cl)c(C(=O)O)c1. The van der Waals surface area contributed by atoms with Gasteiger partial charge in [-0.2, -0.15) is 0 Å². The van der Waals surface area contributed by atoms with Crippen molar-refractivity contribution in [2.24, 2.45) is 0 Å². The molecule has 0 fully saturated rings. The van der Waals surface area contributed by atoms with Crippen LogP contribution in [0, 0.1) is 17.0 Å². The molecular formula is C13H9ClN2O4S. The largest absolute Gasteiger partial charge is 0.478 e. The van der Waals surface area contributed by atoms with Crippen LogP contribution in [0.1, 0.15) is 15.9 Å². The van der Waals surface area contributed by atoms with Gasteiger partial charge >= 0.3 is 5.97 Å². The van der Waals surface area contributed by atoms with Crippen molar-refractivity contribution in [3.8, 4) is 0 Å². The summed E-state index contributed by atoms with van der Waals surface area (Å²) in [5, 5.41) is 20.4. The van der Waals surface area contributed by atoms with Gasteiger partial charge in [0.25, 0.3) is 5.69 Å². The predicted molar refractivity (Wildman–Crippen MR) is 78.2 cm³/mol. The first-order chi connectivity index (χ1) is 9.88. The van der Waals surface area contributed by atoms with Crippen molar-refractivity contribution < 1.29 is 14.8 Å². The maximum Gasteiger partial charge on any atom is 0.337 e. The minimum atomic E-state index is -1.11. The molecule has 1 aromatic heterocycles. The van der Waals surface area contributed by atoms with E-state index in [0.29, 0.717) is 15.5 Å². The summed E-state index contributed by atoms with van der Waals surface area (Å²) in [6.07, 6.45) is 1.17. The van der Waals surface area contributed by atoms with E-state index < -0.39 is 10.9 Å². The Bertz CT molecular complexity index is 736. The fourth-order valence-electron chi connectivity index (χ4n) is 1.60. The van der Waals surface area contributed by atoms with Crippen LogP contribution in [0.25, 0.3) is 0 Å². The molecule has 8 heteroatoms. The van der Waals surface area contributed by atoms with E-state index in [1.807, 2.05) is 0 Å². The smallest absolute Gasteiger partial charge is 0.337 e. The Morgan fingerprint density at radius 2 is 2.14 bits per heavy atom. The van der Waals surface area contributed by atoms with Crippen molar-refractivity contribution in [2.45, 2.75) is 16.8 Å². The molecule has 0 amide bonds. The lowest BCUT2D eigenvalue weighted by molar-refractivity contribution is -0.385. The minimum Gasteiger partial charge on any atom is -0.478 e. The molecule has 2 aromatic rings. The van der Waals surface area contributed by atoms with Crippen molar-refractivity contribution in [1.29, 1.82) is 0 Å². The van der Waals surface area contributed by atoms with Crippen molar-refractivity contribution in [3.05, 3.63) is 56.7 Å². The quantitative estimate of drug-likeness (QED) is 0.679. The highest BCUT2D eigenvalue weighted by atomic mass is 35.5. The lowest BCUT2D eigenvalue weighted by Crippen LogP contribution is -1.97. The number of halogens is 1. The summed E-state index contributed by atoms with van der Waals surface area (Å²) in [4.78, 5) is 25.8. The number of aromatic nitrogens is 1. The van der Waals surface area contributed by atoms with E-state index in [1.54, 1.807) is 13.0 Å². The second-order valence-electron chi connectivity index (χ2n) is 4.12. The summed E-state index contributed by atoms with van der Waals surface area (Å²) < 4.78 is 0. The third-order valence-corrected chi connectivity index (χ3v) is 4.05. The van der Waals surface area contributed by atoms with E-state index in [9.17, 15) is 14.9 Å². The van der Waals surface area contributed by atoms with Gasteiger partial charge in [0, 0.05) is 11.0 Å². The number of aryl methyl sites for hydroxylation is 1. The molecule has 0 aliphatic carbocycles. The van der Waals surface area contributed by atoms with Gasteiger partial charge in [-0.25, -0.2) is 9.78 Å². The Hall–Kier alpha value is -2.12. The molecule has 1 aromatic carbocycles. The first-order valence-electron chi connectivity index (χ1n) is 5.70. The number of carbonyl (C=O) groups is 1. The minimum absolute atomic E-state index is 0.00114. The van der Waals surface area contributed by atoms with Gasteiger partial charge in [-0.3, -0.25) is 10.1 Å². The van der Waals surface area contributed by atoms with E-state index in [1.165, 1.54) is 36.2 Å². The highest BCUT2D eigenvalue weighted by Gasteiger charge is 2.13. The first-order valence-corrected chi connectivity index (χ1v) is 6.89. The summed E-state index contributed by atoms with van der Waals surface area (Å²) in [6, 6.07) is 6.03. The molecule has 0 aliphatic rings. The van der Waals surface area contributed by atoms with Gasteiger partial charge < -0.3 is 5.11 Å². The third-order valence-electron chi connectivity index (χ3n) is 2.61. The Balaban J connectivity index is 2.32. The average Bonchev–Trinajstić information content (AvgIpc) is 2.42. The average molecular weight is 325 g/mol.